The Labute approximate surface area is 205 Å². The molecule has 9 nitrogen and oxygen atoms in total. The van der Waals surface area contributed by atoms with Crippen LogP contribution in [0.4, 0.5) is 19.6 Å². The molecule has 35 heavy (non-hydrogen) atoms. The minimum Gasteiger partial charge on any atom is -0.484 e. The minimum atomic E-state index is -2.91. The molecule has 0 aliphatic carbocycles. The molecule has 0 unspecified atom stereocenters. The van der Waals surface area contributed by atoms with Crippen molar-refractivity contribution in [2.24, 2.45) is 0 Å². The first kappa shape index (κ1) is 24.1. The molecule has 0 radical (unpaired) electrons. The van der Waals surface area contributed by atoms with Crippen molar-refractivity contribution in [3.8, 4) is 22.8 Å². The number of amides is 1. The van der Waals surface area contributed by atoms with Gasteiger partial charge in [0.2, 0.25) is 0 Å². The summed E-state index contributed by atoms with van der Waals surface area (Å²) in [6.07, 6.45) is 0. The Hall–Kier alpha value is -4.03. The first-order valence-electron chi connectivity index (χ1n) is 9.76. The number of carbonyl (C=O) groups is 1. The SMILES string of the molecule is O=C(Nc1nc(-c2ccc(OC(F)F)cc2)cs1)c1ccc(COc2cc([N+](=O)[O-])ccc2Cl)o1. The van der Waals surface area contributed by atoms with E-state index in [-0.39, 0.29) is 34.6 Å². The maximum absolute atomic E-state index is 12.5. The Morgan fingerprint density at radius 2 is 1.97 bits per heavy atom. The molecule has 13 heteroatoms. The maximum Gasteiger partial charge on any atom is 0.387 e. The third kappa shape index (κ3) is 6.11. The molecule has 1 N–H and O–H groups in total. The van der Waals surface area contributed by atoms with E-state index < -0.39 is 17.4 Å². The summed E-state index contributed by atoms with van der Waals surface area (Å²) < 4.78 is 39.8. The number of furan rings is 1. The number of alkyl halides is 2. The highest BCUT2D eigenvalue weighted by Gasteiger charge is 2.16. The Bertz CT molecular complexity index is 1360. The van der Waals surface area contributed by atoms with Crippen LogP contribution in [-0.2, 0) is 6.61 Å². The van der Waals surface area contributed by atoms with Gasteiger partial charge >= 0.3 is 6.61 Å². The van der Waals surface area contributed by atoms with E-state index in [1.807, 2.05) is 0 Å². The molecule has 2 aromatic carbocycles. The average molecular weight is 522 g/mol. The predicted molar refractivity (Wildman–Crippen MR) is 123 cm³/mol. The fourth-order valence-electron chi connectivity index (χ4n) is 2.87. The third-order valence-corrected chi connectivity index (χ3v) is 5.55. The summed E-state index contributed by atoms with van der Waals surface area (Å²) >= 11 is 7.17. The van der Waals surface area contributed by atoms with Crippen LogP contribution in [0.5, 0.6) is 11.5 Å². The zero-order chi connectivity index (χ0) is 24.9. The van der Waals surface area contributed by atoms with Gasteiger partial charge in [0, 0.05) is 17.0 Å². The van der Waals surface area contributed by atoms with Gasteiger partial charge in [-0.15, -0.1) is 11.3 Å². The number of aromatic nitrogens is 1. The molecular weight excluding hydrogens is 508 g/mol. The van der Waals surface area contributed by atoms with Crippen molar-refractivity contribution in [1.29, 1.82) is 0 Å². The van der Waals surface area contributed by atoms with Gasteiger partial charge in [0.15, 0.2) is 10.9 Å². The topological polar surface area (TPSA) is 117 Å². The Morgan fingerprint density at radius 3 is 2.69 bits per heavy atom. The normalized spacial score (nSPS) is 10.9. The smallest absolute Gasteiger partial charge is 0.387 e. The molecule has 0 atom stereocenters. The second-order valence-corrected chi connectivity index (χ2v) is 8.09. The summed E-state index contributed by atoms with van der Waals surface area (Å²) in [4.78, 5) is 27.2. The molecule has 180 valence electrons. The number of nitro benzene ring substituents is 1. The quantitative estimate of drug-likeness (QED) is 0.200. The molecule has 0 bridgehead atoms. The molecule has 0 fully saturated rings. The first-order valence-corrected chi connectivity index (χ1v) is 11.0. The molecule has 1 amide bonds. The van der Waals surface area contributed by atoms with Gasteiger partial charge in [-0.25, -0.2) is 4.98 Å². The number of rotatable bonds is 9. The van der Waals surface area contributed by atoms with Gasteiger partial charge in [0.05, 0.1) is 21.7 Å². The van der Waals surface area contributed by atoms with E-state index >= 15 is 0 Å². The van der Waals surface area contributed by atoms with Crippen LogP contribution in [0.25, 0.3) is 11.3 Å². The third-order valence-electron chi connectivity index (χ3n) is 4.48. The molecule has 0 spiro atoms. The van der Waals surface area contributed by atoms with Crippen molar-refractivity contribution in [1.82, 2.24) is 4.98 Å². The Balaban J connectivity index is 1.36. The number of hydrogen-bond acceptors (Lipinski definition) is 8. The zero-order valence-corrected chi connectivity index (χ0v) is 19.0. The number of ether oxygens (including phenoxy) is 2. The lowest BCUT2D eigenvalue weighted by Gasteiger charge is -2.06. The molecular formula is C22H14ClF2N3O6S. The van der Waals surface area contributed by atoms with Gasteiger partial charge in [-0.2, -0.15) is 8.78 Å². The van der Waals surface area contributed by atoms with E-state index in [1.165, 1.54) is 53.8 Å². The fourth-order valence-corrected chi connectivity index (χ4v) is 3.76. The van der Waals surface area contributed by atoms with Crippen molar-refractivity contribution < 1.29 is 32.4 Å². The van der Waals surface area contributed by atoms with Crippen LogP contribution in [-0.4, -0.2) is 22.4 Å². The van der Waals surface area contributed by atoms with E-state index in [4.69, 9.17) is 20.8 Å². The Kier molecular flexibility index (Phi) is 7.22. The highest BCUT2D eigenvalue weighted by atomic mass is 35.5. The van der Waals surface area contributed by atoms with E-state index in [0.29, 0.717) is 22.1 Å². The number of nitro groups is 1. The molecule has 0 saturated carbocycles. The molecule has 4 aromatic rings. The van der Waals surface area contributed by atoms with Crippen LogP contribution in [0.1, 0.15) is 16.3 Å². The van der Waals surface area contributed by atoms with Crippen LogP contribution >= 0.6 is 22.9 Å². The summed E-state index contributed by atoms with van der Waals surface area (Å²) in [6, 6.07) is 12.7. The van der Waals surface area contributed by atoms with E-state index in [0.717, 1.165) is 0 Å². The second kappa shape index (κ2) is 10.5. The lowest BCUT2D eigenvalue weighted by Crippen LogP contribution is -2.10. The van der Waals surface area contributed by atoms with Gasteiger partial charge in [-0.1, -0.05) is 11.6 Å². The lowest BCUT2D eigenvalue weighted by molar-refractivity contribution is -0.384. The average Bonchev–Trinajstić information content (AvgIpc) is 3.48. The summed E-state index contributed by atoms with van der Waals surface area (Å²) in [5.74, 6) is -0.126. The predicted octanol–water partition coefficient (Wildman–Crippen LogP) is 6.40. The molecule has 2 heterocycles. The molecule has 4 rings (SSSR count). The minimum absolute atomic E-state index is 0.000935. The highest BCUT2D eigenvalue weighted by molar-refractivity contribution is 7.14. The van der Waals surface area contributed by atoms with Gasteiger partial charge in [0.1, 0.15) is 23.9 Å². The van der Waals surface area contributed by atoms with Crippen molar-refractivity contribution in [2.75, 3.05) is 5.32 Å². The zero-order valence-electron chi connectivity index (χ0n) is 17.4. The number of carbonyl (C=O) groups excluding carboxylic acids is 1. The number of non-ortho nitro benzene ring substituents is 1. The van der Waals surface area contributed by atoms with Crippen LogP contribution in [0.2, 0.25) is 5.02 Å². The molecule has 0 aliphatic rings. The van der Waals surface area contributed by atoms with Crippen LogP contribution < -0.4 is 14.8 Å². The monoisotopic (exact) mass is 521 g/mol. The number of nitrogens with zero attached hydrogens (tertiary/aromatic N) is 2. The van der Waals surface area contributed by atoms with Gasteiger partial charge in [-0.3, -0.25) is 20.2 Å². The number of thiazole rings is 1. The summed E-state index contributed by atoms with van der Waals surface area (Å²) in [7, 11) is 0. The van der Waals surface area contributed by atoms with E-state index in [2.05, 4.69) is 15.0 Å². The van der Waals surface area contributed by atoms with Gasteiger partial charge < -0.3 is 13.9 Å². The molecule has 0 saturated heterocycles. The number of nitrogens with one attached hydrogen (secondary N) is 1. The van der Waals surface area contributed by atoms with Crippen molar-refractivity contribution >= 4 is 39.7 Å². The maximum atomic E-state index is 12.5. The van der Waals surface area contributed by atoms with Crippen LogP contribution in [0.15, 0.2) is 64.4 Å². The number of halogens is 3. The van der Waals surface area contributed by atoms with Crippen LogP contribution in [0.3, 0.4) is 0 Å². The summed E-state index contributed by atoms with van der Waals surface area (Å²) in [5, 5.41) is 15.7. The van der Waals surface area contributed by atoms with E-state index in [9.17, 15) is 23.7 Å². The van der Waals surface area contributed by atoms with Crippen LogP contribution in [0, 0.1) is 10.1 Å². The first-order chi connectivity index (χ1) is 16.8. The second-order valence-electron chi connectivity index (χ2n) is 6.82. The number of benzene rings is 2. The fraction of sp³-hybridized carbons (Fsp3) is 0.0909. The van der Waals surface area contributed by atoms with E-state index in [1.54, 1.807) is 17.5 Å². The standard InChI is InChI=1S/C22H14ClF2N3O6S/c23-16-7-3-13(28(30)31)9-19(16)32-10-15-6-8-18(33-15)20(29)27-22-26-17(11-35-22)12-1-4-14(5-2-12)34-21(24)25/h1-9,11,21H,10H2,(H,26,27,29). The number of hydrogen-bond donors (Lipinski definition) is 1. The summed E-state index contributed by atoms with van der Waals surface area (Å²) in [5.41, 5.74) is 1.01. The van der Waals surface area contributed by atoms with Gasteiger partial charge in [0.25, 0.3) is 11.6 Å². The summed E-state index contributed by atoms with van der Waals surface area (Å²) in [6.45, 7) is -3.02. The molecule has 0 aliphatic heterocycles. The Morgan fingerprint density at radius 1 is 1.20 bits per heavy atom. The lowest BCUT2D eigenvalue weighted by atomic mass is 10.2. The largest absolute Gasteiger partial charge is 0.484 e. The van der Waals surface area contributed by atoms with Crippen molar-refractivity contribution in [2.45, 2.75) is 13.2 Å². The van der Waals surface area contributed by atoms with Crippen molar-refractivity contribution in [3.05, 3.63) is 86.6 Å². The van der Waals surface area contributed by atoms with Gasteiger partial charge in [-0.05, 0) is 42.5 Å². The van der Waals surface area contributed by atoms with Crippen molar-refractivity contribution in [3.63, 3.8) is 0 Å². The number of anilines is 1. The molecule has 2 aromatic heterocycles. The highest BCUT2D eigenvalue weighted by Crippen LogP contribution is 2.30.